The first-order valence-electron chi connectivity index (χ1n) is 11.5. The highest BCUT2D eigenvalue weighted by atomic mass is 79.9. The van der Waals surface area contributed by atoms with Crippen molar-refractivity contribution in [1.29, 1.82) is 0 Å². The zero-order chi connectivity index (χ0) is 24.5. The van der Waals surface area contributed by atoms with Gasteiger partial charge in [0.15, 0.2) is 6.10 Å². The second-order valence-electron chi connectivity index (χ2n) is 8.41. The van der Waals surface area contributed by atoms with Crippen LogP contribution in [0.4, 0.5) is 11.4 Å². The Morgan fingerprint density at radius 2 is 1.69 bits per heavy atom. The van der Waals surface area contributed by atoms with E-state index in [0.717, 1.165) is 22.1 Å². The summed E-state index contributed by atoms with van der Waals surface area (Å²) < 4.78 is 11.8. The van der Waals surface area contributed by atoms with Crippen molar-refractivity contribution in [3.05, 3.63) is 82.8 Å². The lowest BCUT2D eigenvalue weighted by Crippen LogP contribution is -2.37. The van der Waals surface area contributed by atoms with Gasteiger partial charge >= 0.3 is 0 Å². The molecule has 0 N–H and O–H groups in total. The number of amides is 2. The first-order chi connectivity index (χ1) is 17.0. The molecule has 0 unspecified atom stereocenters. The molecule has 5 rings (SSSR count). The number of halogens is 1. The normalized spacial score (nSPS) is 21.4. The van der Waals surface area contributed by atoms with Gasteiger partial charge in [0.2, 0.25) is 5.91 Å². The Balaban J connectivity index is 1.51. The second-order valence-corrected chi connectivity index (χ2v) is 9.26. The topological polar surface area (TPSA) is 68.3 Å². The molecule has 0 aromatic heterocycles. The predicted octanol–water partition coefficient (Wildman–Crippen LogP) is 5.30. The zero-order valence-corrected chi connectivity index (χ0v) is 21.0. The molecule has 2 aliphatic heterocycles. The van der Waals surface area contributed by atoms with Crippen molar-refractivity contribution in [3.8, 4) is 11.5 Å². The minimum atomic E-state index is -0.926. The average Bonchev–Trinajstić information content (AvgIpc) is 3.39. The third kappa shape index (κ3) is 4.17. The summed E-state index contributed by atoms with van der Waals surface area (Å²) in [4.78, 5) is 34.6. The van der Waals surface area contributed by atoms with Crippen molar-refractivity contribution in [2.24, 2.45) is 5.92 Å². The van der Waals surface area contributed by atoms with Crippen LogP contribution in [0.2, 0.25) is 0 Å². The Labute approximate surface area is 212 Å². The Morgan fingerprint density at radius 3 is 2.34 bits per heavy atom. The lowest BCUT2D eigenvalue weighted by atomic mass is 9.90. The van der Waals surface area contributed by atoms with Crippen molar-refractivity contribution in [1.82, 2.24) is 0 Å². The molecule has 2 fully saturated rings. The lowest BCUT2D eigenvalue weighted by Gasteiger charge is -2.29. The fourth-order valence-electron chi connectivity index (χ4n) is 4.58. The minimum Gasteiger partial charge on any atom is -0.496 e. The van der Waals surface area contributed by atoms with Crippen LogP contribution in [0, 0.1) is 5.92 Å². The largest absolute Gasteiger partial charge is 0.496 e. The number of hydroxylamine groups is 1. The summed E-state index contributed by atoms with van der Waals surface area (Å²) in [7, 11) is 1.60. The highest BCUT2D eigenvalue weighted by molar-refractivity contribution is 9.10. The van der Waals surface area contributed by atoms with Gasteiger partial charge < -0.3 is 9.47 Å². The van der Waals surface area contributed by atoms with Crippen LogP contribution in [-0.4, -0.2) is 31.6 Å². The number of nitrogens with zero attached hydrogens (tertiary/aromatic N) is 2. The summed E-state index contributed by atoms with van der Waals surface area (Å²) in [5.41, 5.74) is 2.10. The van der Waals surface area contributed by atoms with Crippen LogP contribution in [0.5, 0.6) is 11.5 Å². The van der Waals surface area contributed by atoms with Crippen LogP contribution in [0.25, 0.3) is 0 Å². The fraction of sp³-hybridized carbons (Fsp3) is 0.259. The van der Waals surface area contributed by atoms with E-state index in [0.29, 0.717) is 23.8 Å². The molecule has 0 spiro atoms. The van der Waals surface area contributed by atoms with Crippen molar-refractivity contribution in [2.75, 3.05) is 23.7 Å². The molecule has 2 aliphatic rings. The van der Waals surface area contributed by atoms with E-state index in [4.69, 9.17) is 14.3 Å². The number of fused-ring (bicyclic) bond motifs is 1. The quantitative estimate of drug-likeness (QED) is 0.382. The molecule has 0 radical (unpaired) electrons. The molecule has 35 heavy (non-hydrogen) atoms. The van der Waals surface area contributed by atoms with E-state index in [1.54, 1.807) is 36.4 Å². The van der Waals surface area contributed by atoms with E-state index in [1.807, 2.05) is 55.5 Å². The average molecular weight is 537 g/mol. The number of carbonyl (C=O) groups is 2. The Bertz CT molecular complexity index is 1230. The molecule has 3 atom stereocenters. The highest BCUT2D eigenvalue weighted by Gasteiger charge is 2.60. The number of benzene rings is 3. The Hall–Kier alpha value is -3.36. The summed E-state index contributed by atoms with van der Waals surface area (Å²) in [6.45, 7) is 2.64. The number of hydrogen-bond acceptors (Lipinski definition) is 6. The molecule has 3 aromatic rings. The van der Waals surface area contributed by atoms with Gasteiger partial charge in [-0.2, -0.15) is 0 Å². The summed E-state index contributed by atoms with van der Waals surface area (Å²) in [5.74, 6) is -0.00601. The minimum absolute atomic E-state index is 0.294. The Morgan fingerprint density at radius 1 is 0.943 bits per heavy atom. The fourth-order valence-corrected chi connectivity index (χ4v) is 5.14. The molecule has 2 saturated heterocycles. The van der Waals surface area contributed by atoms with Gasteiger partial charge in [-0.25, -0.2) is 9.96 Å². The summed E-state index contributed by atoms with van der Waals surface area (Å²) in [5, 5.41) is 1.68. The summed E-state index contributed by atoms with van der Waals surface area (Å²) in [6.07, 6.45) is -0.0311. The maximum absolute atomic E-state index is 13.8. The SMILES string of the molecule is CCCOc1ccc(N2C(=O)[C@@H]3[C@@H](ON(c4ccccc4)[C@H]3c3ccc(OC)c(Br)c3)C2=O)cc1. The molecule has 180 valence electrons. The molecule has 0 saturated carbocycles. The highest BCUT2D eigenvalue weighted by Crippen LogP contribution is 2.48. The molecular formula is C27H25BrN2O5. The summed E-state index contributed by atoms with van der Waals surface area (Å²) in [6, 6.07) is 21.6. The van der Waals surface area contributed by atoms with Gasteiger partial charge in [0.05, 0.1) is 35.6 Å². The van der Waals surface area contributed by atoms with Gasteiger partial charge in [-0.05, 0) is 76.4 Å². The van der Waals surface area contributed by atoms with Crippen LogP contribution < -0.4 is 19.4 Å². The number of imide groups is 1. The number of methoxy groups -OCH3 is 1. The third-order valence-electron chi connectivity index (χ3n) is 6.21. The van der Waals surface area contributed by atoms with Gasteiger partial charge in [0.25, 0.3) is 5.91 Å². The Kier molecular flexibility index (Phi) is 6.49. The number of ether oxygens (including phenoxy) is 2. The van der Waals surface area contributed by atoms with Crippen LogP contribution in [-0.2, 0) is 14.4 Å². The van der Waals surface area contributed by atoms with Crippen molar-refractivity contribution in [3.63, 3.8) is 0 Å². The molecular weight excluding hydrogens is 512 g/mol. The predicted molar refractivity (Wildman–Crippen MR) is 135 cm³/mol. The number of hydrogen-bond donors (Lipinski definition) is 0. The lowest BCUT2D eigenvalue weighted by molar-refractivity contribution is -0.126. The number of anilines is 2. The van der Waals surface area contributed by atoms with Gasteiger partial charge in [-0.3, -0.25) is 14.4 Å². The maximum Gasteiger partial charge on any atom is 0.266 e. The van der Waals surface area contributed by atoms with Gasteiger partial charge in [0, 0.05) is 0 Å². The second kappa shape index (κ2) is 9.71. The van der Waals surface area contributed by atoms with E-state index in [2.05, 4.69) is 15.9 Å². The van der Waals surface area contributed by atoms with Crippen LogP contribution in [0.15, 0.2) is 77.3 Å². The van der Waals surface area contributed by atoms with Gasteiger partial charge in [-0.15, -0.1) is 0 Å². The van der Waals surface area contributed by atoms with E-state index < -0.39 is 18.1 Å². The molecule has 3 aromatic carbocycles. The van der Waals surface area contributed by atoms with Crippen molar-refractivity contribution >= 4 is 39.1 Å². The molecule has 7 nitrogen and oxygen atoms in total. The zero-order valence-electron chi connectivity index (χ0n) is 19.4. The first kappa shape index (κ1) is 23.4. The molecule has 2 amide bonds. The molecule has 2 heterocycles. The van der Waals surface area contributed by atoms with Crippen LogP contribution >= 0.6 is 15.9 Å². The monoisotopic (exact) mass is 536 g/mol. The van der Waals surface area contributed by atoms with Crippen LogP contribution in [0.1, 0.15) is 24.9 Å². The van der Waals surface area contributed by atoms with E-state index >= 15 is 0 Å². The van der Waals surface area contributed by atoms with Gasteiger partial charge in [0.1, 0.15) is 17.4 Å². The molecule has 8 heteroatoms. The summed E-state index contributed by atoms with van der Waals surface area (Å²) >= 11 is 3.54. The number of para-hydroxylation sites is 1. The van der Waals surface area contributed by atoms with Crippen molar-refractivity contribution in [2.45, 2.75) is 25.5 Å². The maximum atomic E-state index is 13.8. The number of carbonyl (C=O) groups excluding carboxylic acids is 2. The molecule has 0 bridgehead atoms. The molecule has 0 aliphatic carbocycles. The van der Waals surface area contributed by atoms with Gasteiger partial charge in [-0.1, -0.05) is 31.2 Å². The third-order valence-corrected chi connectivity index (χ3v) is 6.83. The first-order valence-corrected chi connectivity index (χ1v) is 12.3. The van der Waals surface area contributed by atoms with E-state index in [1.165, 1.54) is 4.90 Å². The standard InChI is InChI=1S/C27H25BrN2O5/c1-3-15-34-20-12-10-18(11-13-20)29-26(31)23-24(17-9-14-22(33-2)21(28)16-17)30(35-25(23)27(29)32)19-7-5-4-6-8-19/h4-14,16,23-25H,3,15H2,1-2H3/t23-,24-,25+/m0/s1. The van der Waals surface area contributed by atoms with Crippen molar-refractivity contribution < 1.29 is 23.9 Å². The number of rotatable bonds is 7. The van der Waals surface area contributed by atoms with E-state index in [9.17, 15) is 9.59 Å². The van der Waals surface area contributed by atoms with Crippen LogP contribution in [0.3, 0.4) is 0 Å². The van der Waals surface area contributed by atoms with E-state index in [-0.39, 0.29) is 11.8 Å². The smallest absolute Gasteiger partial charge is 0.266 e.